The number of nitrogens with one attached hydrogen (secondary N) is 1. The summed E-state index contributed by atoms with van der Waals surface area (Å²) >= 11 is 0. The topological polar surface area (TPSA) is 125 Å². The number of nitrogens with two attached hydrogens (primary N) is 1. The smallest absolute Gasteiger partial charge is 0.238 e. The van der Waals surface area contributed by atoms with Crippen molar-refractivity contribution in [3.05, 3.63) is 65.4 Å². The van der Waals surface area contributed by atoms with Gasteiger partial charge in [0.2, 0.25) is 15.9 Å². The van der Waals surface area contributed by atoms with Crippen LogP contribution in [0.4, 0.5) is 0 Å². The molecule has 0 saturated carbocycles. The number of carbonyl (C=O) groups excluding carboxylic acids is 1. The molecule has 0 aliphatic carbocycles. The van der Waals surface area contributed by atoms with Crippen molar-refractivity contribution in [1.29, 1.82) is 0 Å². The molecule has 8 nitrogen and oxygen atoms in total. The highest BCUT2D eigenvalue weighted by Crippen LogP contribution is 2.33. The van der Waals surface area contributed by atoms with Crippen LogP contribution in [-0.4, -0.2) is 32.1 Å². The van der Waals surface area contributed by atoms with Gasteiger partial charge in [-0.3, -0.25) is 4.79 Å². The van der Waals surface area contributed by atoms with E-state index in [9.17, 15) is 13.2 Å². The van der Waals surface area contributed by atoms with Crippen molar-refractivity contribution in [2.75, 3.05) is 6.54 Å². The Balaban J connectivity index is 1.29. The van der Waals surface area contributed by atoms with Crippen LogP contribution in [0.3, 0.4) is 0 Å². The van der Waals surface area contributed by atoms with Crippen LogP contribution >= 0.6 is 0 Å². The molecule has 3 N–H and O–H groups in total. The van der Waals surface area contributed by atoms with Gasteiger partial charge >= 0.3 is 0 Å². The third kappa shape index (κ3) is 5.12. The van der Waals surface area contributed by atoms with Gasteiger partial charge in [0.15, 0.2) is 5.76 Å². The van der Waals surface area contributed by atoms with E-state index in [0.717, 1.165) is 28.9 Å². The van der Waals surface area contributed by atoms with Gasteiger partial charge in [-0.1, -0.05) is 17.3 Å². The summed E-state index contributed by atoms with van der Waals surface area (Å²) in [7, 11) is -3.70. The molecular weight excluding hydrogens is 418 g/mol. The number of aromatic nitrogens is 1. The molecule has 0 radical (unpaired) electrons. The second-order valence-electron chi connectivity index (χ2n) is 7.60. The number of nitrogens with zero attached hydrogens (tertiary/aromatic N) is 1. The third-order valence-electron chi connectivity index (χ3n) is 5.07. The first kappa shape index (κ1) is 21.1. The maximum Gasteiger partial charge on any atom is 0.238 e. The largest absolute Gasteiger partial charge is 0.490 e. The predicted molar refractivity (Wildman–Crippen MR) is 114 cm³/mol. The van der Waals surface area contributed by atoms with Crippen LogP contribution < -0.4 is 15.2 Å². The number of amides is 1. The minimum atomic E-state index is -3.70. The molecule has 2 aromatic carbocycles. The lowest BCUT2D eigenvalue weighted by molar-refractivity contribution is -0.120. The maximum absolute atomic E-state index is 12.2. The van der Waals surface area contributed by atoms with Crippen molar-refractivity contribution in [2.45, 2.75) is 37.2 Å². The summed E-state index contributed by atoms with van der Waals surface area (Å²) in [5, 5.41) is 11.9. The summed E-state index contributed by atoms with van der Waals surface area (Å²) in [6.45, 7) is 2.45. The molecule has 1 unspecified atom stereocenters. The van der Waals surface area contributed by atoms with Crippen LogP contribution in [-0.2, 0) is 34.1 Å². The normalized spacial score (nSPS) is 15.4. The Bertz CT molecular complexity index is 1200. The number of benzene rings is 2. The Morgan fingerprint density at radius 1 is 1.19 bits per heavy atom. The molecule has 0 fully saturated rings. The van der Waals surface area contributed by atoms with E-state index in [2.05, 4.69) is 10.5 Å². The first-order valence-electron chi connectivity index (χ1n) is 9.92. The van der Waals surface area contributed by atoms with E-state index in [1.807, 2.05) is 25.1 Å². The first-order chi connectivity index (χ1) is 14.8. The zero-order chi connectivity index (χ0) is 22.0. The van der Waals surface area contributed by atoms with Crippen LogP contribution in [0.2, 0.25) is 0 Å². The van der Waals surface area contributed by atoms with Gasteiger partial charge in [-0.2, -0.15) is 0 Å². The Labute approximate surface area is 180 Å². The second-order valence-corrected chi connectivity index (χ2v) is 9.16. The molecule has 2 heterocycles. The minimum absolute atomic E-state index is 0.0625. The zero-order valence-electron chi connectivity index (χ0n) is 17.0. The van der Waals surface area contributed by atoms with Gasteiger partial charge in [0, 0.05) is 24.6 Å². The van der Waals surface area contributed by atoms with E-state index in [-0.39, 0.29) is 23.3 Å². The molecule has 1 aromatic heterocycles. The Kier molecular flexibility index (Phi) is 5.79. The van der Waals surface area contributed by atoms with Gasteiger partial charge in [0.05, 0.1) is 17.0 Å². The van der Waals surface area contributed by atoms with Gasteiger partial charge in [-0.25, -0.2) is 13.6 Å². The standard InChI is InChI=1S/C22H23N3O5S/c1-14-10-17-11-16(4-7-20(17)29-14)21-12-18(25-30-21)13-22(26)24-9-8-15-2-5-19(6-3-15)31(23,27)28/h2-7,11-12,14H,8-10,13H2,1H3,(H,24,26)(H2,23,27,28). The Morgan fingerprint density at radius 2 is 1.97 bits per heavy atom. The number of ether oxygens (including phenoxy) is 1. The second kappa shape index (κ2) is 8.52. The molecule has 9 heteroatoms. The molecule has 0 spiro atoms. The molecule has 1 atom stereocenters. The van der Waals surface area contributed by atoms with Crippen molar-refractivity contribution < 1.29 is 22.5 Å². The SMILES string of the molecule is CC1Cc2cc(-c3cc(CC(=O)NCCc4ccc(S(N)(=O)=O)cc4)no3)ccc2O1. The molecule has 1 amide bonds. The van der Waals surface area contributed by atoms with Gasteiger partial charge < -0.3 is 14.6 Å². The summed E-state index contributed by atoms with van der Waals surface area (Å²) in [4.78, 5) is 12.3. The molecule has 3 aromatic rings. The average Bonchev–Trinajstić information content (AvgIpc) is 3.32. The van der Waals surface area contributed by atoms with E-state index in [0.29, 0.717) is 24.4 Å². The molecular formula is C22H23N3O5S. The van der Waals surface area contributed by atoms with Crippen LogP contribution in [0, 0.1) is 0 Å². The van der Waals surface area contributed by atoms with Gasteiger partial charge in [0.1, 0.15) is 11.9 Å². The molecule has 1 aliphatic heterocycles. The van der Waals surface area contributed by atoms with Crippen molar-refractivity contribution >= 4 is 15.9 Å². The van der Waals surface area contributed by atoms with Crippen molar-refractivity contribution in [3.8, 4) is 17.1 Å². The highest BCUT2D eigenvalue weighted by atomic mass is 32.2. The number of hydrogen-bond donors (Lipinski definition) is 2. The minimum Gasteiger partial charge on any atom is -0.490 e. The number of primary sulfonamides is 1. The summed E-state index contributed by atoms with van der Waals surface area (Å²) in [5.74, 6) is 1.34. The molecule has 31 heavy (non-hydrogen) atoms. The number of fused-ring (bicyclic) bond motifs is 1. The Morgan fingerprint density at radius 3 is 2.71 bits per heavy atom. The van der Waals surface area contributed by atoms with Gasteiger partial charge in [-0.05, 0) is 54.8 Å². The summed E-state index contributed by atoms with van der Waals surface area (Å²) < 4.78 is 33.7. The highest BCUT2D eigenvalue weighted by molar-refractivity contribution is 7.89. The fourth-order valence-corrected chi connectivity index (χ4v) is 4.04. The van der Waals surface area contributed by atoms with Crippen LogP contribution in [0.15, 0.2) is 57.9 Å². The summed E-state index contributed by atoms with van der Waals surface area (Å²) in [6.07, 6.45) is 1.71. The average molecular weight is 442 g/mol. The quantitative estimate of drug-likeness (QED) is 0.579. The molecule has 4 rings (SSSR count). The predicted octanol–water partition coefficient (Wildman–Crippen LogP) is 2.21. The monoisotopic (exact) mass is 441 g/mol. The molecule has 162 valence electrons. The third-order valence-corrected chi connectivity index (χ3v) is 6.00. The van der Waals surface area contributed by atoms with Crippen molar-refractivity contribution in [1.82, 2.24) is 10.5 Å². The molecule has 0 saturated heterocycles. The Hall–Kier alpha value is -3.17. The number of sulfonamides is 1. The van der Waals surface area contributed by atoms with E-state index in [4.69, 9.17) is 14.4 Å². The lowest BCUT2D eigenvalue weighted by Crippen LogP contribution is -2.27. The number of hydrogen-bond acceptors (Lipinski definition) is 6. The zero-order valence-corrected chi connectivity index (χ0v) is 17.8. The van der Waals surface area contributed by atoms with Crippen LogP contribution in [0.5, 0.6) is 5.75 Å². The van der Waals surface area contributed by atoms with E-state index >= 15 is 0 Å². The first-order valence-corrected chi connectivity index (χ1v) is 11.5. The lowest BCUT2D eigenvalue weighted by atomic mass is 10.1. The van der Waals surface area contributed by atoms with E-state index in [1.165, 1.54) is 12.1 Å². The lowest BCUT2D eigenvalue weighted by Gasteiger charge is -2.05. The number of carbonyl (C=O) groups is 1. The van der Waals surface area contributed by atoms with Crippen LogP contribution in [0.25, 0.3) is 11.3 Å². The van der Waals surface area contributed by atoms with Gasteiger partial charge in [0.25, 0.3) is 0 Å². The highest BCUT2D eigenvalue weighted by Gasteiger charge is 2.20. The molecule has 0 bridgehead atoms. The van der Waals surface area contributed by atoms with E-state index in [1.54, 1.807) is 18.2 Å². The van der Waals surface area contributed by atoms with Crippen LogP contribution in [0.1, 0.15) is 23.7 Å². The van der Waals surface area contributed by atoms with Gasteiger partial charge in [-0.15, -0.1) is 0 Å². The fourth-order valence-electron chi connectivity index (χ4n) is 3.53. The van der Waals surface area contributed by atoms with Crippen molar-refractivity contribution in [3.63, 3.8) is 0 Å². The maximum atomic E-state index is 12.2. The molecule has 1 aliphatic rings. The van der Waals surface area contributed by atoms with E-state index < -0.39 is 10.0 Å². The summed E-state index contributed by atoms with van der Waals surface area (Å²) in [5.41, 5.74) is 3.48. The summed E-state index contributed by atoms with van der Waals surface area (Å²) in [6, 6.07) is 13.9. The number of rotatable bonds is 7. The fraction of sp³-hybridized carbons (Fsp3) is 0.273. The van der Waals surface area contributed by atoms with Crippen molar-refractivity contribution in [2.24, 2.45) is 5.14 Å².